The summed E-state index contributed by atoms with van der Waals surface area (Å²) in [6.07, 6.45) is 1.53. The van der Waals surface area contributed by atoms with E-state index in [-0.39, 0.29) is 23.7 Å². The number of fused-ring (bicyclic) bond motifs is 1. The summed E-state index contributed by atoms with van der Waals surface area (Å²) in [4.78, 5) is 43.2. The summed E-state index contributed by atoms with van der Waals surface area (Å²) in [5.41, 5.74) is 0.466. The number of aromatic nitrogens is 1. The number of urea groups is 1. The fraction of sp³-hybridized carbons (Fsp3) is 0.143. The molecule has 1 saturated heterocycles. The molecule has 0 radical (unpaired) electrons. The number of hydrogen-bond acceptors (Lipinski definition) is 7. The number of nitrogens with one attached hydrogen (secondary N) is 2. The van der Waals surface area contributed by atoms with Gasteiger partial charge in [-0.2, -0.15) is 0 Å². The molecule has 1 fully saturated rings. The first-order valence-corrected chi connectivity index (χ1v) is 12.0. The Hall–Kier alpha value is -5.26. The monoisotopic (exact) mass is 548 g/mol. The first-order chi connectivity index (χ1) is 19.3. The summed E-state index contributed by atoms with van der Waals surface area (Å²) in [6.45, 7) is -0.284. The van der Waals surface area contributed by atoms with Crippen LogP contribution in [0.3, 0.4) is 0 Å². The van der Waals surface area contributed by atoms with Gasteiger partial charge in [0.25, 0.3) is 0 Å². The lowest BCUT2D eigenvalue weighted by atomic mass is 10.0. The normalized spacial score (nSPS) is 15.0. The van der Waals surface area contributed by atoms with Gasteiger partial charge >= 0.3 is 6.03 Å². The van der Waals surface area contributed by atoms with E-state index < -0.39 is 35.4 Å². The van der Waals surface area contributed by atoms with Crippen LogP contribution in [0.2, 0.25) is 0 Å². The van der Waals surface area contributed by atoms with Gasteiger partial charge < -0.3 is 24.8 Å². The van der Waals surface area contributed by atoms with Crippen LogP contribution in [0.5, 0.6) is 23.0 Å². The third-order valence-electron chi connectivity index (χ3n) is 6.21. The minimum absolute atomic E-state index is 0.0915. The molecule has 4 amide bonds. The average Bonchev–Trinajstić information content (AvgIpc) is 2.95. The molecular weight excluding hydrogens is 526 g/mol. The fourth-order valence-corrected chi connectivity index (χ4v) is 4.20. The molecule has 1 atom stereocenters. The summed E-state index contributed by atoms with van der Waals surface area (Å²) in [6, 6.07) is 12.7. The largest absolute Gasteiger partial charge is 0.493 e. The number of amides is 4. The van der Waals surface area contributed by atoms with Gasteiger partial charge in [-0.05, 0) is 48.5 Å². The molecular formula is C28H22F2N4O6. The molecule has 3 aromatic carbocycles. The molecule has 1 aromatic heterocycles. The molecule has 204 valence electrons. The van der Waals surface area contributed by atoms with Crippen molar-refractivity contribution in [3.8, 4) is 23.0 Å². The Kier molecular flexibility index (Phi) is 7.15. The summed E-state index contributed by atoms with van der Waals surface area (Å²) in [5.74, 6) is -2.89. The number of rotatable bonds is 7. The molecule has 2 heterocycles. The van der Waals surface area contributed by atoms with Crippen molar-refractivity contribution in [2.75, 3.05) is 31.0 Å². The number of nitrogens with zero attached hydrogens (tertiary/aromatic N) is 2. The predicted octanol–water partition coefficient (Wildman–Crippen LogP) is 4.63. The summed E-state index contributed by atoms with van der Waals surface area (Å²) in [5, 5.41) is 5.43. The first kappa shape index (κ1) is 26.4. The van der Waals surface area contributed by atoms with Crippen LogP contribution in [-0.2, 0) is 9.59 Å². The SMILES string of the molecule is COc1cc2nccc(Oc3ccc(NC(=O)C4CNC(=O)N(c5ccc(F)cc5)C4=O)c(F)c3)c2cc1OC. The van der Waals surface area contributed by atoms with E-state index >= 15 is 4.39 Å². The maximum Gasteiger partial charge on any atom is 0.328 e. The molecule has 0 aliphatic carbocycles. The molecule has 1 aliphatic rings. The summed E-state index contributed by atoms with van der Waals surface area (Å²) >= 11 is 0. The Balaban J connectivity index is 1.33. The van der Waals surface area contributed by atoms with Crippen LogP contribution in [-0.4, -0.2) is 43.6 Å². The summed E-state index contributed by atoms with van der Waals surface area (Å²) < 4.78 is 44.8. The van der Waals surface area contributed by atoms with E-state index in [9.17, 15) is 18.8 Å². The Morgan fingerprint density at radius 2 is 1.70 bits per heavy atom. The zero-order chi connectivity index (χ0) is 28.4. The molecule has 12 heteroatoms. The van der Waals surface area contributed by atoms with Crippen molar-refractivity contribution >= 4 is 40.1 Å². The number of imide groups is 1. The highest BCUT2D eigenvalue weighted by Crippen LogP contribution is 2.37. The first-order valence-electron chi connectivity index (χ1n) is 12.0. The molecule has 1 unspecified atom stereocenters. The molecule has 1 aliphatic heterocycles. The van der Waals surface area contributed by atoms with Crippen LogP contribution in [0.4, 0.5) is 25.0 Å². The van der Waals surface area contributed by atoms with Crippen LogP contribution >= 0.6 is 0 Å². The van der Waals surface area contributed by atoms with Crippen molar-refractivity contribution < 1.29 is 37.4 Å². The Morgan fingerprint density at radius 1 is 0.975 bits per heavy atom. The Morgan fingerprint density at radius 3 is 2.40 bits per heavy atom. The molecule has 5 rings (SSSR count). The van der Waals surface area contributed by atoms with Crippen molar-refractivity contribution in [1.29, 1.82) is 0 Å². The second-order valence-electron chi connectivity index (χ2n) is 8.66. The van der Waals surface area contributed by atoms with Crippen molar-refractivity contribution in [1.82, 2.24) is 10.3 Å². The van der Waals surface area contributed by atoms with Gasteiger partial charge in [-0.25, -0.2) is 18.5 Å². The average molecular weight is 549 g/mol. The van der Waals surface area contributed by atoms with Gasteiger partial charge in [0.05, 0.1) is 31.1 Å². The Bertz CT molecular complexity index is 1630. The van der Waals surface area contributed by atoms with Gasteiger partial charge in [-0.1, -0.05) is 0 Å². The minimum Gasteiger partial charge on any atom is -0.493 e. The Labute approximate surface area is 226 Å². The van der Waals surface area contributed by atoms with Gasteiger partial charge in [-0.15, -0.1) is 0 Å². The number of pyridine rings is 1. The maximum absolute atomic E-state index is 15.0. The number of benzene rings is 3. The highest BCUT2D eigenvalue weighted by atomic mass is 19.1. The van der Waals surface area contributed by atoms with E-state index in [0.29, 0.717) is 28.2 Å². The predicted molar refractivity (Wildman–Crippen MR) is 141 cm³/mol. The third kappa shape index (κ3) is 5.06. The van der Waals surface area contributed by atoms with Crippen molar-refractivity contribution in [2.45, 2.75) is 0 Å². The van der Waals surface area contributed by atoms with E-state index in [1.165, 1.54) is 44.7 Å². The van der Waals surface area contributed by atoms with E-state index in [2.05, 4.69) is 15.6 Å². The standard InChI is InChI=1S/C28H22F2N4O6/c1-38-24-12-18-22(13-25(24)39-2)31-10-9-23(18)40-17-7-8-21(20(30)11-17)33-26(35)19-14-32-28(37)34(27(19)36)16-5-3-15(29)4-6-16/h3-13,19H,14H2,1-2H3,(H,32,37)(H,33,35). The van der Waals surface area contributed by atoms with Gasteiger partial charge in [0.2, 0.25) is 11.8 Å². The van der Waals surface area contributed by atoms with Gasteiger partial charge in [0.1, 0.15) is 29.1 Å². The van der Waals surface area contributed by atoms with Crippen LogP contribution < -0.4 is 29.7 Å². The third-order valence-corrected chi connectivity index (χ3v) is 6.21. The van der Waals surface area contributed by atoms with Crippen LogP contribution in [0.25, 0.3) is 10.9 Å². The highest BCUT2D eigenvalue weighted by Gasteiger charge is 2.39. The van der Waals surface area contributed by atoms with E-state index in [4.69, 9.17) is 14.2 Å². The number of hydrogen-bond donors (Lipinski definition) is 2. The maximum atomic E-state index is 15.0. The summed E-state index contributed by atoms with van der Waals surface area (Å²) in [7, 11) is 3.01. The molecule has 4 aromatic rings. The number of carbonyl (C=O) groups is 3. The number of ether oxygens (including phenoxy) is 3. The topological polar surface area (TPSA) is 119 Å². The number of methoxy groups -OCH3 is 2. The lowest BCUT2D eigenvalue weighted by molar-refractivity contribution is -0.130. The quantitative estimate of drug-likeness (QED) is 0.323. The van der Waals surface area contributed by atoms with Gasteiger partial charge in [-0.3, -0.25) is 14.6 Å². The molecule has 0 bridgehead atoms. The number of halogens is 2. The molecule has 10 nitrogen and oxygen atoms in total. The fourth-order valence-electron chi connectivity index (χ4n) is 4.20. The lowest BCUT2D eigenvalue weighted by Gasteiger charge is -2.30. The zero-order valence-electron chi connectivity index (χ0n) is 21.2. The number of anilines is 2. The van der Waals surface area contributed by atoms with E-state index in [1.807, 2.05) is 0 Å². The van der Waals surface area contributed by atoms with Crippen molar-refractivity contribution in [3.05, 3.63) is 78.5 Å². The van der Waals surface area contributed by atoms with Crippen LogP contribution in [0, 0.1) is 17.6 Å². The molecule has 0 spiro atoms. The minimum atomic E-state index is -1.34. The highest BCUT2D eigenvalue weighted by molar-refractivity contribution is 6.23. The smallest absolute Gasteiger partial charge is 0.328 e. The zero-order valence-corrected chi connectivity index (χ0v) is 21.2. The molecule has 0 saturated carbocycles. The van der Waals surface area contributed by atoms with Crippen LogP contribution in [0.15, 0.2) is 66.9 Å². The van der Waals surface area contributed by atoms with Crippen molar-refractivity contribution in [3.63, 3.8) is 0 Å². The van der Waals surface area contributed by atoms with Crippen LogP contribution in [0.1, 0.15) is 0 Å². The number of carbonyl (C=O) groups excluding carboxylic acids is 3. The lowest BCUT2D eigenvalue weighted by Crippen LogP contribution is -2.58. The molecule has 40 heavy (non-hydrogen) atoms. The molecule has 2 N–H and O–H groups in total. The van der Waals surface area contributed by atoms with Gasteiger partial charge in [0, 0.05) is 30.3 Å². The van der Waals surface area contributed by atoms with E-state index in [0.717, 1.165) is 23.1 Å². The van der Waals surface area contributed by atoms with Crippen molar-refractivity contribution in [2.24, 2.45) is 5.92 Å². The second kappa shape index (κ2) is 10.8. The van der Waals surface area contributed by atoms with E-state index in [1.54, 1.807) is 18.2 Å². The van der Waals surface area contributed by atoms with Gasteiger partial charge in [0.15, 0.2) is 11.5 Å². The second-order valence-corrected chi connectivity index (χ2v) is 8.66.